The quantitative estimate of drug-likeness (QED) is 0.689. The van der Waals surface area contributed by atoms with Crippen LogP contribution in [0.25, 0.3) is 0 Å². The third-order valence-corrected chi connectivity index (χ3v) is 2.73. The van der Waals surface area contributed by atoms with Crippen molar-refractivity contribution in [3.05, 3.63) is 35.9 Å². The van der Waals surface area contributed by atoms with Gasteiger partial charge in [0.25, 0.3) is 0 Å². The molecule has 1 aromatic heterocycles. The zero-order chi connectivity index (χ0) is 13.8. The summed E-state index contributed by atoms with van der Waals surface area (Å²) >= 11 is 1.34. The van der Waals surface area contributed by atoms with Crippen molar-refractivity contribution in [3.63, 3.8) is 0 Å². The van der Waals surface area contributed by atoms with Crippen LogP contribution in [0.4, 0.5) is 14.6 Å². The van der Waals surface area contributed by atoms with Gasteiger partial charge in [0.1, 0.15) is 23.2 Å². The number of rotatable bonds is 4. The highest BCUT2D eigenvalue weighted by molar-refractivity contribution is 7.98. The van der Waals surface area contributed by atoms with E-state index in [1.165, 1.54) is 11.8 Å². The van der Waals surface area contributed by atoms with Crippen molar-refractivity contribution >= 4 is 17.6 Å². The molecule has 0 spiro atoms. The first kappa shape index (κ1) is 13.5. The molecule has 0 bridgehead atoms. The molecule has 0 aliphatic carbocycles. The molecular formula is C12H11F2N3OS. The third-order valence-electron chi connectivity index (χ3n) is 2.18. The Bertz CT molecular complexity index is 553. The summed E-state index contributed by atoms with van der Waals surface area (Å²) < 4.78 is 31.4. The molecule has 2 aromatic rings. The van der Waals surface area contributed by atoms with E-state index in [1.54, 1.807) is 13.1 Å². The molecule has 2 rings (SSSR count). The fourth-order valence-electron chi connectivity index (χ4n) is 1.38. The second-order valence-electron chi connectivity index (χ2n) is 3.54. The SMILES string of the molecule is CNc1cc(Oc2cc(F)cc(F)c2)nc(SC)n1. The number of anilines is 1. The molecule has 0 aliphatic rings. The maximum Gasteiger partial charge on any atom is 0.225 e. The smallest absolute Gasteiger partial charge is 0.225 e. The number of aromatic nitrogens is 2. The lowest BCUT2D eigenvalue weighted by Crippen LogP contribution is -1.98. The largest absolute Gasteiger partial charge is 0.439 e. The van der Waals surface area contributed by atoms with Crippen LogP contribution in [-0.2, 0) is 0 Å². The molecule has 0 saturated heterocycles. The van der Waals surface area contributed by atoms with Gasteiger partial charge in [-0.1, -0.05) is 11.8 Å². The first-order valence-corrected chi connectivity index (χ1v) is 6.58. The van der Waals surface area contributed by atoms with E-state index in [0.29, 0.717) is 11.0 Å². The molecule has 0 aliphatic heterocycles. The molecule has 1 N–H and O–H groups in total. The van der Waals surface area contributed by atoms with Crippen LogP contribution in [0.2, 0.25) is 0 Å². The maximum atomic E-state index is 13.1. The first-order chi connectivity index (χ1) is 9.10. The minimum atomic E-state index is -0.706. The van der Waals surface area contributed by atoms with Crippen molar-refractivity contribution in [1.29, 1.82) is 0 Å². The summed E-state index contributed by atoms with van der Waals surface area (Å²) in [7, 11) is 1.71. The molecule has 4 nitrogen and oxygen atoms in total. The Labute approximate surface area is 113 Å². The number of hydrogen-bond acceptors (Lipinski definition) is 5. The summed E-state index contributed by atoms with van der Waals surface area (Å²) in [4.78, 5) is 8.26. The van der Waals surface area contributed by atoms with Crippen LogP contribution in [0.1, 0.15) is 0 Å². The van der Waals surface area contributed by atoms with Crippen LogP contribution >= 0.6 is 11.8 Å². The van der Waals surface area contributed by atoms with Gasteiger partial charge in [0, 0.05) is 31.3 Å². The van der Waals surface area contributed by atoms with Gasteiger partial charge in [-0.2, -0.15) is 4.98 Å². The van der Waals surface area contributed by atoms with Crippen LogP contribution in [0.3, 0.4) is 0 Å². The van der Waals surface area contributed by atoms with E-state index in [9.17, 15) is 8.78 Å². The average Bonchev–Trinajstić information content (AvgIpc) is 2.37. The highest BCUT2D eigenvalue weighted by Gasteiger charge is 2.07. The van der Waals surface area contributed by atoms with Crippen molar-refractivity contribution in [1.82, 2.24) is 9.97 Å². The Hall–Kier alpha value is -1.89. The molecule has 100 valence electrons. The molecule has 0 amide bonds. The van der Waals surface area contributed by atoms with Crippen molar-refractivity contribution in [2.45, 2.75) is 5.16 Å². The molecule has 0 radical (unpaired) electrons. The molecule has 1 heterocycles. The van der Waals surface area contributed by atoms with Crippen molar-refractivity contribution in [3.8, 4) is 11.6 Å². The molecule has 7 heteroatoms. The number of benzene rings is 1. The molecular weight excluding hydrogens is 272 g/mol. The summed E-state index contributed by atoms with van der Waals surface area (Å²) in [5, 5.41) is 3.36. The van der Waals surface area contributed by atoms with E-state index in [0.717, 1.165) is 18.2 Å². The van der Waals surface area contributed by atoms with Gasteiger partial charge in [-0.15, -0.1) is 0 Å². The van der Waals surface area contributed by atoms with E-state index in [2.05, 4.69) is 15.3 Å². The Balaban J connectivity index is 2.31. The molecule has 19 heavy (non-hydrogen) atoms. The fraction of sp³-hybridized carbons (Fsp3) is 0.167. The number of nitrogens with one attached hydrogen (secondary N) is 1. The van der Waals surface area contributed by atoms with Crippen molar-refractivity contribution in [2.24, 2.45) is 0 Å². The van der Waals surface area contributed by atoms with E-state index in [-0.39, 0.29) is 11.6 Å². The standard InChI is InChI=1S/C12H11F2N3OS/c1-15-10-6-11(17-12(16-10)19-2)18-9-4-7(13)3-8(14)5-9/h3-6H,1-2H3,(H,15,16,17). The average molecular weight is 283 g/mol. The van der Waals surface area contributed by atoms with Gasteiger partial charge in [0.15, 0.2) is 5.16 Å². The second kappa shape index (κ2) is 5.83. The molecule has 0 saturated carbocycles. The van der Waals surface area contributed by atoms with Crippen LogP contribution < -0.4 is 10.1 Å². The number of ether oxygens (including phenoxy) is 1. The normalized spacial score (nSPS) is 10.3. The zero-order valence-electron chi connectivity index (χ0n) is 10.3. The second-order valence-corrected chi connectivity index (χ2v) is 4.31. The highest BCUT2D eigenvalue weighted by atomic mass is 32.2. The number of halogens is 2. The predicted molar refractivity (Wildman–Crippen MR) is 69.8 cm³/mol. The summed E-state index contributed by atoms with van der Waals surface area (Å²) in [5.41, 5.74) is 0. The van der Waals surface area contributed by atoms with Gasteiger partial charge < -0.3 is 10.1 Å². The first-order valence-electron chi connectivity index (χ1n) is 5.35. The van der Waals surface area contributed by atoms with E-state index in [4.69, 9.17) is 4.74 Å². The Morgan fingerprint density at radius 1 is 1.11 bits per heavy atom. The summed E-state index contributed by atoms with van der Waals surface area (Å²) in [6.45, 7) is 0. The summed E-state index contributed by atoms with van der Waals surface area (Å²) in [6, 6.07) is 4.49. The summed E-state index contributed by atoms with van der Waals surface area (Å²) in [5.74, 6) is -0.587. The monoisotopic (exact) mass is 283 g/mol. The van der Waals surface area contributed by atoms with Gasteiger partial charge >= 0.3 is 0 Å². The van der Waals surface area contributed by atoms with Gasteiger partial charge in [-0.05, 0) is 6.26 Å². The number of hydrogen-bond donors (Lipinski definition) is 1. The lowest BCUT2D eigenvalue weighted by molar-refractivity contribution is 0.445. The zero-order valence-corrected chi connectivity index (χ0v) is 11.1. The van der Waals surface area contributed by atoms with E-state index >= 15 is 0 Å². The highest BCUT2D eigenvalue weighted by Crippen LogP contribution is 2.25. The van der Waals surface area contributed by atoms with Gasteiger partial charge in [-0.3, -0.25) is 0 Å². The van der Waals surface area contributed by atoms with Gasteiger partial charge in [0.2, 0.25) is 5.88 Å². The molecule has 1 aromatic carbocycles. The topological polar surface area (TPSA) is 47.0 Å². The minimum Gasteiger partial charge on any atom is -0.439 e. The van der Waals surface area contributed by atoms with Crippen LogP contribution in [0, 0.1) is 11.6 Å². The predicted octanol–water partition coefficient (Wildman–Crippen LogP) is 3.31. The Morgan fingerprint density at radius 3 is 2.37 bits per heavy atom. The Morgan fingerprint density at radius 2 is 1.79 bits per heavy atom. The van der Waals surface area contributed by atoms with Crippen LogP contribution in [-0.4, -0.2) is 23.3 Å². The van der Waals surface area contributed by atoms with Crippen molar-refractivity contribution < 1.29 is 13.5 Å². The fourth-order valence-corrected chi connectivity index (χ4v) is 1.75. The molecule has 0 fully saturated rings. The Kier molecular flexibility index (Phi) is 4.16. The van der Waals surface area contributed by atoms with E-state index < -0.39 is 11.6 Å². The van der Waals surface area contributed by atoms with Crippen LogP contribution in [0.15, 0.2) is 29.4 Å². The van der Waals surface area contributed by atoms with Gasteiger partial charge in [0.05, 0.1) is 0 Å². The van der Waals surface area contributed by atoms with Crippen molar-refractivity contribution in [2.75, 3.05) is 18.6 Å². The van der Waals surface area contributed by atoms with Crippen LogP contribution in [0.5, 0.6) is 11.6 Å². The molecule has 0 atom stereocenters. The van der Waals surface area contributed by atoms with E-state index in [1.807, 2.05) is 6.26 Å². The third kappa shape index (κ3) is 3.54. The minimum absolute atomic E-state index is 0.0466. The summed E-state index contributed by atoms with van der Waals surface area (Å²) in [6.07, 6.45) is 1.82. The molecule has 0 unspecified atom stereocenters. The lowest BCUT2D eigenvalue weighted by Gasteiger charge is -2.08. The number of nitrogens with zero attached hydrogens (tertiary/aromatic N) is 2. The maximum absolute atomic E-state index is 13.1. The number of thioether (sulfide) groups is 1. The lowest BCUT2D eigenvalue weighted by atomic mass is 10.3. The van der Waals surface area contributed by atoms with Gasteiger partial charge in [-0.25, -0.2) is 13.8 Å².